The van der Waals surface area contributed by atoms with Crippen LogP contribution in [0.2, 0.25) is 0 Å². The number of piperidine rings is 1. The standard InChI is InChI=1S/C16H22N4S/c1-12-10-21-15-14(12)17-11-18-16(15)20-8-4-13(5-9-20)19-6-2-3-7-19/h10-11,13H,2-9H2,1H3. The molecule has 2 fully saturated rings. The van der Waals surface area contributed by atoms with Gasteiger partial charge >= 0.3 is 0 Å². The van der Waals surface area contributed by atoms with Gasteiger partial charge in [-0.25, -0.2) is 9.97 Å². The molecule has 2 saturated heterocycles. The lowest BCUT2D eigenvalue weighted by Crippen LogP contribution is -2.44. The fraction of sp³-hybridized carbons (Fsp3) is 0.625. The van der Waals surface area contributed by atoms with Crippen molar-refractivity contribution in [2.45, 2.75) is 38.6 Å². The molecule has 21 heavy (non-hydrogen) atoms. The number of thiophene rings is 1. The van der Waals surface area contributed by atoms with Crippen molar-refractivity contribution in [1.29, 1.82) is 0 Å². The number of likely N-dealkylation sites (tertiary alicyclic amines) is 1. The molecule has 4 rings (SSSR count). The van der Waals surface area contributed by atoms with Gasteiger partial charge in [0.2, 0.25) is 0 Å². The number of rotatable bonds is 2. The second-order valence-corrected chi connectivity index (χ2v) is 7.13. The molecule has 2 aliphatic rings. The molecule has 0 atom stereocenters. The van der Waals surface area contributed by atoms with Crippen molar-refractivity contribution in [3.05, 3.63) is 17.3 Å². The highest BCUT2D eigenvalue weighted by molar-refractivity contribution is 7.18. The zero-order valence-electron chi connectivity index (χ0n) is 12.6. The molecule has 4 heterocycles. The van der Waals surface area contributed by atoms with Crippen LogP contribution in [0.1, 0.15) is 31.2 Å². The number of anilines is 1. The molecule has 0 radical (unpaired) electrons. The summed E-state index contributed by atoms with van der Waals surface area (Å²) in [5.74, 6) is 1.15. The van der Waals surface area contributed by atoms with Crippen LogP contribution in [-0.4, -0.2) is 47.1 Å². The van der Waals surface area contributed by atoms with E-state index in [2.05, 4.69) is 32.1 Å². The Bertz CT molecular complexity index is 624. The normalized spacial score (nSPS) is 21.5. The molecule has 112 valence electrons. The first kappa shape index (κ1) is 13.5. The average Bonchev–Trinajstić information content (AvgIpc) is 3.18. The summed E-state index contributed by atoms with van der Waals surface area (Å²) in [5.41, 5.74) is 2.40. The van der Waals surface area contributed by atoms with E-state index in [9.17, 15) is 0 Å². The van der Waals surface area contributed by atoms with Crippen molar-refractivity contribution in [2.24, 2.45) is 0 Å². The Morgan fingerprint density at radius 3 is 2.62 bits per heavy atom. The number of nitrogens with zero attached hydrogens (tertiary/aromatic N) is 4. The molecule has 0 unspecified atom stereocenters. The zero-order valence-corrected chi connectivity index (χ0v) is 13.4. The topological polar surface area (TPSA) is 32.3 Å². The third-order valence-electron chi connectivity index (χ3n) is 4.93. The lowest BCUT2D eigenvalue weighted by molar-refractivity contribution is 0.208. The van der Waals surface area contributed by atoms with Gasteiger partial charge in [0.1, 0.15) is 12.1 Å². The highest BCUT2D eigenvalue weighted by atomic mass is 32.1. The summed E-state index contributed by atoms with van der Waals surface area (Å²) >= 11 is 1.78. The monoisotopic (exact) mass is 302 g/mol. The van der Waals surface area contributed by atoms with Crippen LogP contribution in [0.25, 0.3) is 10.2 Å². The van der Waals surface area contributed by atoms with E-state index in [1.54, 1.807) is 17.7 Å². The van der Waals surface area contributed by atoms with Crippen LogP contribution in [0.4, 0.5) is 5.82 Å². The lowest BCUT2D eigenvalue weighted by atomic mass is 10.0. The largest absolute Gasteiger partial charge is 0.355 e. The summed E-state index contributed by atoms with van der Waals surface area (Å²) in [6, 6.07) is 0.797. The van der Waals surface area contributed by atoms with Gasteiger partial charge in [0.05, 0.1) is 10.2 Å². The molecule has 2 aromatic heterocycles. The maximum Gasteiger partial charge on any atom is 0.150 e. The van der Waals surface area contributed by atoms with Gasteiger partial charge in [0.25, 0.3) is 0 Å². The Labute approximate surface area is 129 Å². The Kier molecular flexibility index (Phi) is 3.55. The Morgan fingerprint density at radius 1 is 1.10 bits per heavy atom. The molecule has 0 saturated carbocycles. The van der Waals surface area contributed by atoms with Gasteiger partial charge in [-0.15, -0.1) is 11.3 Å². The van der Waals surface area contributed by atoms with Crippen LogP contribution in [0.15, 0.2) is 11.7 Å². The van der Waals surface area contributed by atoms with Crippen molar-refractivity contribution in [1.82, 2.24) is 14.9 Å². The first-order valence-corrected chi connectivity index (χ1v) is 8.88. The predicted octanol–water partition coefficient (Wildman–Crippen LogP) is 3.06. The molecular formula is C16H22N4S. The van der Waals surface area contributed by atoms with Gasteiger partial charge in [0.15, 0.2) is 0 Å². The summed E-state index contributed by atoms with van der Waals surface area (Å²) < 4.78 is 1.26. The molecule has 0 aliphatic carbocycles. The highest BCUT2D eigenvalue weighted by Gasteiger charge is 2.27. The molecular weight excluding hydrogens is 280 g/mol. The minimum absolute atomic E-state index is 0.797. The van der Waals surface area contributed by atoms with Crippen LogP contribution in [0.3, 0.4) is 0 Å². The van der Waals surface area contributed by atoms with E-state index >= 15 is 0 Å². The number of fused-ring (bicyclic) bond motifs is 1. The van der Waals surface area contributed by atoms with Crippen LogP contribution >= 0.6 is 11.3 Å². The van der Waals surface area contributed by atoms with Crippen LogP contribution in [0, 0.1) is 6.92 Å². The quantitative estimate of drug-likeness (QED) is 0.853. The molecule has 0 aromatic carbocycles. The van der Waals surface area contributed by atoms with Crippen LogP contribution in [-0.2, 0) is 0 Å². The number of aromatic nitrogens is 2. The number of hydrogen-bond acceptors (Lipinski definition) is 5. The van der Waals surface area contributed by atoms with Gasteiger partial charge in [-0.05, 0) is 56.6 Å². The summed E-state index contributed by atoms with van der Waals surface area (Å²) in [6.07, 6.45) is 7.05. The Balaban J connectivity index is 1.52. The van der Waals surface area contributed by atoms with Crippen molar-refractivity contribution in [2.75, 3.05) is 31.1 Å². The summed E-state index contributed by atoms with van der Waals surface area (Å²) in [6.45, 7) is 7.02. The fourth-order valence-electron chi connectivity index (χ4n) is 3.73. The third kappa shape index (κ3) is 2.42. The van der Waals surface area contributed by atoms with Crippen LogP contribution < -0.4 is 4.90 Å². The molecule has 0 spiro atoms. The summed E-state index contributed by atoms with van der Waals surface area (Å²) in [4.78, 5) is 14.2. The number of aryl methyl sites for hydroxylation is 1. The lowest BCUT2D eigenvalue weighted by Gasteiger charge is -2.37. The maximum absolute atomic E-state index is 4.58. The molecule has 0 amide bonds. The average molecular weight is 302 g/mol. The minimum atomic E-state index is 0.797. The Hall–Kier alpha value is -1.20. The third-order valence-corrected chi connectivity index (χ3v) is 6.02. The second-order valence-electron chi connectivity index (χ2n) is 6.26. The predicted molar refractivity (Wildman–Crippen MR) is 88.2 cm³/mol. The van der Waals surface area contributed by atoms with E-state index in [0.717, 1.165) is 30.5 Å². The highest BCUT2D eigenvalue weighted by Crippen LogP contribution is 2.32. The van der Waals surface area contributed by atoms with E-state index in [0.29, 0.717) is 0 Å². The SMILES string of the molecule is Cc1csc2c(N3CCC(N4CCCC4)CC3)ncnc12. The van der Waals surface area contributed by atoms with Gasteiger partial charge in [0, 0.05) is 19.1 Å². The second kappa shape index (κ2) is 5.54. The van der Waals surface area contributed by atoms with Crippen molar-refractivity contribution >= 4 is 27.4 Å². The van der Waals surface area contributed by atoms with Gasteiger partial charge in [-0.3, -0.25) is 0 Å². The maximum atomic E-state index is 4.58. The van der Waals surface area contributed by atoms with Crippen molar-refractivity contribution < 1.29 is 0 Å². The molecule has 2 aromatic rings. The van der Waals surface area contributed by atoms with E-state index in [1.165, 1.54) is 49.0 Å². The van der Waals surface area contributed by atoms with E-state index < -0.39 is 0 Å². The molecule has 4 nitrogen and oxygen atoms in total. The summed E-state index contributed by atoms with van der Waals surface area (Å²) in [7, 11) is 0. The van der Waals surface area contributed by atoms with Crippen LogP contribution in [0.5, 0.6) is 0 Å². The first-order chi connectivity index (χ1) is 10.3. The van der Waals surface area contributed by atoms with Gasteiger partial charge < -0.3 is 9.80 Å². The van der Waals surface area contributed by atoms with Crippen molar-refractivity contribution in [3.8, 4) is 0 Å². The van der Waals surface area contributed by atoms with E-state index in [1.807, 2.05) is 0 Å². The first-order valence-electron chi connectivity index (χ1n) is 8.01. The zero-order chi connectivity index (χ0) is 14.2. The fourth-order valence-corrected chi connectivity index (χ4v) is 4.75. The smallest absolute Gasteiger partial charge is 0.150 e. The van der Waals surface area contributed by atoms with Gasteiger partial charge in [-0.1, -0.05) is 0 Å². The minimum Gasteiger partial charge on any atom is -0.355 e. The van der Waals surface area contributed by atoms with E-state index in [-0.39, 0.29) is 0 Å². The van der Waals surface area contributed by atoms with E-state index in [4.69, 9.17) is 0 Å². The molecule has 0 N–H and O–H groups in total. The Morgan fingerprint density at radius 2 is 1.86 bits per heavy atom. The molecule has 0 bridgehead atoms. The van der Waals surface area contributed by atoms with Gasteiger partial charge in [-0.2, -0.15) is 0 Å². The number of hydrogen-bond donors (Lipinski definition) is 0. The summed E-state index contributed by atoms with van der Waals surface area (Å²) in [5, 5.41) is 2.19. The van der Waals surface area contributed by atoms with Crippen molar-refractivity contribution in [3.63, 3.8) is 0 Å². The molecule has 5 heteroatoms. The molecule has 2 aliphatic heterocycles.